The largest absolute Gasteiger partial charge is 0.497 e. The number of carbonyl (C=O) groups is 1. The molecular weight excluding hydrogens is 324 g/mol. The number of H-pyrrole nitrogens is 1. The lowest BCUT2D eigenvalue weighted by molar-refractivity contribution is 0.102. The van der Waals surface area contributed by atoms with Crippen molar-refractivity contribution in [1.82, 2.24) is 14.5 Å². The fourth-order valence-corrected chi connectivity index (χ4v) is 2.46. The number of methoxy groups -OCH3 is 1. The van der Waals surface area contributed by atoms with E-state index >= 15 is 0 Å². The standard InChI is InChI=1S/C17H16N4O4/c1-9-12(15(22)19-10-4-6-11(25-3)7-5-10)8-13-14(18-9)21(2)17(24)20-16(13)23/h4-8H,1-3H3,(H,19,22)(H,20,23,24). The van der Waals surface area contributed by atoms with Crippen LogP contribution in [0.15, 0.2) is 39.9 Å². The molecule has 0 aliphatic carbocycles. The molecule has 8 nitrogen and oxygen atoms in total. The van der Waals surface area contributed by atoms with Crippen molar-refractivity contribution >= 4 is 22.6 Å². The predicted molar refractivity (Wildman–Crippen MR) is 93.3 cm³/mol. The maximum atomic E-state index is 12.5. The zero-order valence-corrected chi connectivity index (χ0v) is 13.9. The monoisotopic (exact) mass is 340 g/mol. The molecule has 0 atom stereocenters. The minimum Gasteiger partial charge on any atom is -0.497 e. The third-order valence-electron chi connectivity index (χ3n) is 3.87. The smallest absolute Gasteiger partial charge is 0.329 e. The van der Waals surface area contributed by atoms with Crippen LogP contribution in [0.4, 0.5) is 5.69 Å². The van der Waals surface area contributed by atoms with E-state index in [0.29, 0.717) is 17.1 Å². The number of nitrogens with zero attached hydrogens (tertiary/aromatic N) is 2. The van der Waals surface area contributed by atoms with Gasteiger partial charge in [-0.25, -0.2) is 9.78 Å². The van der Waals surface area contributed by atoms with Crippen molar-refractivity contribution in [2.45, 2.75) is 6.92 Å². The summed E-state index contributed by atoms with van der Waals surface area (Å²) in [5.41, 5.74) is 0.349. The maximum Gasteiger partial charge on any atom is 0.329 e. The Labute approximate surface area is 142 Å². The van der Waals surface area contributed by atoms with Crippen LogP contribution in [0.5, 0.6) is 5.75 Å². The molecule has 3 rings (SSSR count). The number of ether oxygens (including phenoxy) is 1. The van der Waals surface area contributed by atoms with Crippen LogP contribution in [0.2, 0.25) is 0 Å². The van der Waals surface area contributed by atoms with Gasteiger partial charge in [0.1, 0.15) is 11.4 Å². The highest BCUT2D eigenvalue weighted by atomic mass is 16.5. The lowest BCUT2D eigenvalue weighted by Crippen LogP contribution is -2.29. The first kappa shape index (κ1) is 16.4. The molecule has 0 aliphatic rings. The Kier molecular flexibility index (Phi) is 4.10. The zero-order valence-electron chi connectivity index (χ0n) is 13.9. The van der Waals surface area contributed by atoms with Gasteiger partial charge in [-0.1, -0.05) is 0 Å². The minimum atomic E-state index is -0.580. The van der Waals surface area contributed by atoms with Gasteiger partial charge >= 0.3 is 5.69 Å². The van der Waals surface area contributed by atoms with Crippen molar-refractivity contribution < 1.29 is 9.53 Å². The number of amides is 1. The third kappa shape index (κ3) is 3.01. The molecule has 2 aromatic heterocycles. The van der Waals surface area contributed by atoms with Crippen LogP contribution in [0.25, 0.3) is 11.0 Å². The lowest BCUT2D eigenvalue weighted by atomic mass is 10.1. The Morgan fingerprint density at radius 1 is 1.24 bits per heavy atom. The number of aromatic nitrogens is 3. The first-order valence-corrected chi connectivity index (χ1v) is 7.47. The first-order chi connectivity index (χ1) is 11.9. The number of fused-ring (bicyclic) bond motifs is 1. The molecule has 8 heteroatoms. The number of aromatic amines is 1. The second-order valence-corrected chi connectivity index (χ2v) is 5.49. The topological polar surface area (TPSA) is 106 Å². The van der Waals surface area contributed by atoms with Crippen molar-refractivity contribution in [1.29, 1.82) is 0 Å². The normalized spacial score (nSPS) is 10.7. The van der Waals surface area contributed by atoms with E-state index in [4.69, 9.17) is 4.74 Å². The number of anilines is 1. The van der Waals surface area contributed by atoms with Crippen LogP contribution >= 0.6 is 0 Å². The van der Waals surface area contributed by atoms with Crippen LogP contribution in [-0.4, -0.2) is 27.6 Å². The number of nitrogens with one attached hydrogen (secondary N) is 2. The summed E-state index contributed by atoms with van der Waals surface area (Å²) in [5, 5.41) is 2.92. The molecule has 0 radical (unpaired) electrons. The average molecular weight is 340 g/mol. The van der Waals surface area contributed by atoms with Gasteiger partial charge in [0, 0.05) is 12.7 Å². The van der Waals surface area contributed by atoms with Crippen LogP contribution in [0.3, 0.4) is 0 Å². The van der Waals surface area contributed by atoms with Crippen LogP contribution in [-0.2, 0) is 7.05 Å². The molecular formula is C17H16N4O4. The van der Waals surface area contributed by atoms with E-state index in [1.807, 2.05) is 0 Å². The van der Waals surface area contributed by atoms with Crippen molar-refractivity contribution in [2.24, 2.45) is 7.05 Å². The van der Waals surface area contributed by atoms with E-state index in [9.17, 15) is 14.4 Å². The van der Waals surface area contributed by atoms with E-state index in [1.165, 1.54) is 17.7 Å². The molecule has 0 fully saturated rings. The van der Waals surface area contributed by atoms with E-state index in [-0.39, 0.29) is 16.6 Å². The van der Waals surface area contributed by atoms with Crippen LogP contribution < -0.4 is 21.3 Å². The van der Waals surface area contributed by atoms with Gasteiger partial charge in [-0.2, -0.15) is 0 Å². The molecule has 1 aromatic carbocycles. The summed E-state index contributed by atoms with van der Waals surface area (Å²) in [6.45, 7) is 1.65. The number of hydrogen-bond acceptors (Lipinski definition) is 5. The van der Waals surface area contributed by atoms with Crippen molar-refractivity contribution in [2.75, 3.05) is 12.4 Å². The van der Waals surface area contributed by atoms with E-state index < -0.39 is 17.2 Å². The van der Waals surface area contributed by atoms with Gasteiger partial charge in [0.05, 0.1) is 23.8 Å². The number of carbonyl (C=O) groups excluding carboxylic acids is 1. The summed E-state index contributed by atoms with van der Waals surface area (Å²) in [4.78, 5) is 42.6. The maximum absolute atomic E-state index is 12.5. The second kappa shape index (κ2) is 6.23. The summed E-state index contributed by atoms with van der Waals surface area (Å²) in [5.74, 6) is 0.277. The first-order valence-electron chi connectivity index (χ1n) is 7.47. The highest BCUT2D eigenvalue weighted by Gasteiger charge is 2.15. The van der Waals surface area contributed by atoms with Gasteiger partial charge in [0.25, 0.3) is 11.5 Å². The molecule has 0 bridgehead atoms. The molecule has 0 saturated carbocycles. The molecule has 0 unspecified atom stereocenters. The molecule has 2 heterocycles. The highest BCUT2D eigenvalue weighted by molar-refractivity contribution is 6.06. The number of hydrogen-bond donors (Lipinski definition) is 2. The number of aryl methyl sites for hydroxylation is 2. The zero-order chi connectivity index (χ0) is 18.1. The molecule has 0 spiro atoms. The summed E-state index contributed by atoms with van der Waals surface area (Å²) < 4.78 is 6.30. The van der Waals surface area contributed by atoms with Gasteiger partial charge in [-0.15, -0.1) is 0 Å². The third-order valence-corrected chi connectivity index (χ3v) is 3.87. The molecule has 0 aliphatic heterocycles. The van der Waals surface area contributed by atoms with E-state index in [2.05, 4.69) is 15.3 Å². The Hall–Kier alpha value is -3.42. The minimum absolute atomic E-state index is 0.174. The Bertz CT molecular complexity index is 1080. The van der Waals surface area contributed by atoms with Gasteiger partial charge in [0.2, 0.25) is 0 Å². The highest BCUT2D eigenvalue weighted by Crippen LogP contribution is 2.17. The molecule has 128 valence electrons. The Morgan fingerprint density at radius 3 is 2.56 bits per heavy atom. The van der Waals surface area contributed by atoms with E-state index in [0.717, 1.165) is 0 Å². The van der Waals surface area contributed by atoms with Crippen molar-refractivity contribution in [3.8, 4) is 5.75 Å². The molecule has 1 amide bonds. The summed E-state index contributed by atoms with van der Waals surface area (Å²) >= 11 is 0. The van der Waals surface area contributed by atoms with Gasteiger partial charge < -0.3 is 10.1 Å². The molecule has 3 aromatic rings. The number of benzene rings is 1. The number of rotatable bonds is 3. The fourth-order valence-electron chi connectivity index (χ4n) is 2.46. The second-order valence-electron chi connectivity index (χ2n) is 5.49. The van der Waals surface area contributed by atoms with Crippen LogP contribution in [0.1, 0.15) is 16.1 Å². The molecule has 25 heavy (non-hydrogen) atoms. The van der Waals surface area contributed by atoms with Crippen LogP contribution in [0, 0.1) is 6.92 Å². The van der Waals surface area contributed by atoms with E-state index in [1.54, 1.807) is 38.3 Å². The van der Waals surface area contributed by atoms with Crippen molar-refractivity contribution in [3.63, 3.8) is 0 Å². The molecule has 0 saturated heterocycles. The average Bonchev–Trinajstić information content (AvgIpc) is 2.60. The van der Waals surface area contributed by atoms with Gasteiger partial charge in [0.15, 0.2) is 0 Å². The van der Waals surface area contributed by atoms with Gasteiger partial charge in [-0.3, -0.25) is 19.1 Å². The quantitative estimate of drug-likeness (QED) is 0.745. The Morgan fingerprint density at radius 2 is 1.92 bits per heavy atom. The van der Waals surface area contributed by atoms with Gasteiger partial charge in [-0.05, 0) is 37.3 Å². The predicted octanol–water partition coefficient (Wildman–Crippen LogP) is 1.19. The number of pyridine rings is 1. The van der Waals surface area contributed by atoms with Crippen molar-refractivity contribution in [3.05, 3.63) is 62.4 Å². The lowest BCUT2D eigenvalue weighted by Gasteiger charge is -2.10. The summed E-state index contributed by atoms with van der Waals surface area (Å²) in [6.07, 6.45) is 0. The molecule has 2 N–H and O–H groups in total. The SMILES string of the molecule is COc1ccc(NC(=O)c2cc3c(=O)[nH]c(=O)n(C)c3nc2C)cc1. The fraction of sp³-hybridized carbons (Fsp3) is 0.176. The summed E-state index contributed by atoms with van der Waals surface area (Å²) in [7, 11) is 3.06. The summed E-state index contributed by atoms with van der Waals surface area (Å²) in [6, 6.07) is 8.30. The Balaban J connectivity index is 2.02.